The van der Waals surface area contributed by atoms with Crippen molar-refractivity contribution in [3.63, 3.8) is 0 Å². The van der Waals surface area contributed by atoms with Crippen LogP contribution in [0.1, 0.15) is 42.7 Å². The van der Waals surface area contributed by atoms with Crippen molar-refractivity contribution in [1.82, 2.24) is 15.1 Å². The van der Waals surface area contributed by atoms with Crippen molar-refractivity contribution in [2.45, 2.75) is 39.3 Å². The summed E-state index contributed by atoms with van der Waals surface area (Å²) in [7, 11) is 3.15. The van der Waals surface area contributed by atoms with Crippen LogP contribution < -0.4 is 14.8 Å². The fourth-order valence-electron chi connectivity index (χ4n) is 3.94. The Morgan fingerprint density at radius 3 is 2.24 bits per heavy atom. The average molecular weight is 466 g/mol. The number of nitrogens with zero attached hydrogens (tertiary/aromatic N) is 2. The molecule has 0 saturated heterocycles. The van der Waals surface area contributed by atoms with E-state index in [1.807, 2.05) is 62.4 Å². The van der Waals surface area contributed by atoms with E-state index < -0.39 is 17.9 Å². The Morgan fingerprint density at radius 2 is 1.68 bits per heavy atom. The molecular weight excluding hydrogens is 434 g/mol. The maximum atomic E-state index is 13.1. The lowest BCUT2D eigenvalue weighted by atomic mass is 10.0. The SMILES string of the molecule is COc1cccc(OC)c1-c1cc(C(=O)NC(CC(=O)O)CC(C)C)nn1Cc1ccccc1. The molecule has 2 aromatic carbocycles. The van der Waals surface area contributed by atoms with Crippen LogP contribution in [0, 0.1) is 5.92 Å². The second-order valence-electron chi connectivity index (χ2n) is 8.49. The Balaban J connectivity index is 2.04. The van der Waals surface area contributed by atoms with Gasteiger partial charge in [-0.1, -0.05) is 50.2 Å². The van der Waals surface area contributed by atoms with Gasteiger partial charge in [-0.3, -0.25) is 14.3 Å². The average Bonchev–Trinajstić information content (AvgIpc) is 3.21. The van der Waals surface area contributed by atoms with Crippen molar-refractivity contribution in [3.8, 4) is 22.8 Å². The molecule has 8 nitrogen and oxygen atoms in total. The van der Waals surface area contributed by atoms with Gasteiger partial charge in [-0.2, -0.15) is 5.10 Å². The van der Waals surface area contributed by atoms with E-state index in [0.29, 0.717) is 35.7 Å². The van der Waals surface area contributed by atoms with Crippen molar-refractivity contribution in [2.24, 2.45) is 5.92 Å². The van der Waals surface area contributed by atoms with Gasteiger partial charge in [-0.15, -0.1) is 0 Å². The van der Waals surface area contributed by atoms with Crippen LogP contribution in [0.4, 0.5) is 0 Å². The van der Waals surface area contributed by atoms with Gasteiger partial charge in [-0.25, -0.2) is 0 Å². The van der Waals surface area contributed by atoms with Crippen molar-refractivity contribution in [3.05, 3.63) is 65.9 Å². The van der Waals surface area contributed by atoms with E-state index in [-0.39, 0.29) is 18.0 Å². The lowest BCUT2D eigenvalue weighted by Crippen LogP contribution is -2.37. The summed E-state index contributed by atoms with van der Waals surface area (Å²) in [6, 6.07) is 16.5. The number of rotatable bonds is 11. The number of hydrogen-bond acceptors (Lipinski definition) is 5. The van der Waals surface area contributed by atoms with Gasteiger partial charge in [0.05, 0.1) is 38.4 Å². The molecule has 0 radical (unpaired) electrons. The number of carboxylic acid groups (broad SMARTS) is 1. The summed E-state index contributed by atoms with van der Waals surface area (Å²) in [5, 5.41) is 16.7. The van der Waals surface area contributed by atoms with Crippen molar-refractivity contribution in [1.29, 1.82) is 0 Å². The monoisotopic (exact) mass is 465 g/mol. The van der Waals surface area contributed by atoms with Crippen LogP contribution >= 0.6 is 0 Å². The van der Waals surface area contributed by atoms with Crippen LogP contribution in [0.2, 0.25) is 0 Å². The first kappa shape index (κ1) is 24.8. The third-order valence-corrected chi connectivity index (χ3v) is 5.38. The molecule has 0 aliphatic heterocycles. The number of ether oxygens (including phenoxy) is 2. The number of carbonyl (C=O) groups excluding carboxylic acids is 1. The van der Waals surface area contributed by atoms with Crippen LogP contribution in [0.5, 0.6) is 11.5 Å². The lowest BCUT2D eigenvalue weighted by molar-refractivity contribution is -0.137. The van der Waals surface area contributed by atoms with Crippen LogP contribution in [0.3, 0.4) is 0 Å². The Kier molecular flexibility index (Phi) is 8.29. The van der Waals surface area contributed by atoms with E-state index in [4.69, 9.17) is 9.47 Å². The molecule has 180 valence electrons. The molecule has 1 atom stereocenters. The smallest absolute Gasteiger partial charge is 0.305 e. The van der Waals surface area contributed by atoms with Crippen molar-refractivity contribution in [2.75, 3.05) is 14.2 Å². The summed E-state index contributed by atoms with van der Waals surface area (Å²) in [4.78, 5) is 24.4. The van der Waals surface area contributed by atoms with E-state index in [2.05, 4.69) is 10.4 Å². The van der Waals surface area contributed by atoms with Gasteiger partial charge in [0.1, 0.15) is 11.5 Å². The van der Waals surface area contributed by atoms with Gasteiger partial charge >= 0.3 is 5.97 Å². The Morgan fingerprint density at radius 1 is 1.03 bits per heavy atom. The highest BCUT2D eigenvalue weighted by molar-refractivity contribution is 5.94. The lowest BCUT2D eigenvalue weighted by Gasteiger charge is -2.18. The minimum absolute atomic E-state index is 0.151. The zero-order chi connectivity index (χ0) is 24.7. The topological polar surface area (TPSA) is 103 Å². The van der Waals surface area contributed by atoms with E-state index >= 15 is 0 Å². The summed E-state index contributed by atoms with van der Waals surface area (Å²) in [6.07, 6.45) is 0.401. The minimum atomic E-state index is -0.958. The molecule has 1 unspecified atom stereocenters. The van der Waals surface area contributed by atoms with Gasteiger partial charge in [0.25, 0.3) is 5.91 Å². The summed E-state index contributed by atoms with van der Waals surface area (Å²) in [5.74, 6) is 0.0238. The summed E-state index contributed by atoms with van der Waals surface area (Å²) < 4.78 is 12.9. The Hall–Kier alpha value is -3.81. The third kappa shape index (κ3) is 6.15. The molecule has 3 rings (SSSR count). The van der Waals surface area contributed by atoms with Gasteiger partial charge in [-0.05, 0) is 36.1 Å². The normalized spacial score (nSPS) is 11.8. The molecule has 34 heavy (non-hydrogen) atoms. The molecule has 8 heteroatoms. The third-order valence-electron chi connectivity index (χ3n) is 5.38. The second-order valence-corrected chi connectivity index (χ2v) is 8.49. The molecule has 0 aliphatic rings. The van der Waals surface area contributed by atoms with Crippen LogP contribution in [0.25, 0.3) is 11.3 Å². The fourth-order valence-corrected chi connectivity index (χ4v) is 3.94. The van der Waals surface area contributed by atoms with E-state index in [0.717, 1.165) is 5.56 Å². The first-order valence-corrected chi connectivity index (χ1v) is 11.2. The standard InChI is InChI=1S/C26H31N3O5/c1-17(2)13-19(14-24(30)31)27-26(32)20-15-21(25-22(33-3)11-8-12-23(25)34-4)29(28-20)16-18-9-6-5-7-10-18/h5-12,15,17,19H,13-14,16H2,1-4H3,(H,27,32)(H,30,31). The molecule has 1 amide bonds. The predicted molar refractivity (Wildman–Crippen MR) is 129 cm³/mol. The largest absolute Gasteiger partial charge is 0.496 e. The van der Waals surface area contributed by atoms with Crippen molar-refractivity contribution < 1.29 is 24.2 Å². The second kappa shape index (κ2) is 11.4. The molecule has 3 aromatic rings. The summed E-state index contributed by atoms with van der Waals surface area (Å²) in [6.45, 7) is 4.40. The molecule has 0 fully saturated rings. The quantitative estimate of drug-likeness (QED) is 0.439. The van der Waals surface area contributed by atoms with Gasteiger partial charge in [0.15, 0.2) is 5.69 Å². The number of nitrogens with one attached hydrogen (secondary N) is 1. The molecule has 1 aromatic heterocycles. The zero-order valence-corrected chi connectivity index (χ0v) is 19.9. The molecule has 0 bridgehead atoms. The number of carbonyl (C=O) groups is 2. The summed E-state index contributed by atoms with van der Waals surface area (Å²) >= 11 is 0. The highest BCUT2D eigenvalue weighted by Crippen LogP contribution is 2.38. The zero-order valence-electron chi connectivity index (χ0n) is 19.9. The van der Waals surface area contributed by atoms with Gasteiger partial charge in [0.2, 0.25) is 0 Å². The number of methoxy groups -OCH3 is 2. The van der Waals surface area contributed by atoms with E-state index in [1.54, 1.807) is 25.0 Å². The molecule has 2 N–H and O–H groups in total. The number of benzene rings is 2. The van der Waals surface area contributed by atoms with Gasteiger partial charge < -0.3 is 19.9 Å². The highest BCUT2D eigenvalue weighted by atomic mass is 16.5. The Labute approximate surface area is 199 Å². The molecule has 0 spiro atoms. The predicted octanol–water partition coefficient (Wildman–Crippen LogP) is 4.23. The molecular formula is C26H31N3O5. The highest BCUT2D eigenvalue weighted by Gasteiger charge is 2.24. The molecule has 1 heterocycles. The van der Waals surface area contributed by atoms with Crippen LogP contribution in [0.15, 0.2) is 54.6 Å². The number of hydrogen-bond donors (Lipinski definition) is 2. The summed E-state index contributed by atoms with van der Waals surface area (Å²) in [5.41, 5.74) is 2.54. The number of aliphatic carboxylic acids is 1. The molecule has 0 saturated carbocycles. The minimum Gasteiger partial charge on any atom is -0.496 e. The first-order valence-electron chi connectivity index (χ1n) is 11.2. The van der Waals surface area contributed by atoms with Crippen LogP contribution in [-0.2, 0) is 11.3 Å². The number of aromatic nitrogens is 2. The van der Waals surface area contributed by atoms with Crippen molar-refractivity contribution >= 4 is 11.9 Å². The fraction of sp³-hybridized carbons (Fsp3) is 0.346. The van der Waals surface area contributed by atoms with Crippen LogP contribution in [-0.4, -0.2) is 47.0 Å². The molecule has 0 aliphatic carbocycles. The van der Waals surface area contributed by atoms with E-state index in [1.165, 1.54) is 0 Å². The number of carboxylic acids is 1. The first-order chi connectivity index (χ1) is 16.3. The maximum absolute atomic E-state index is 13.1. The van der Waals surface area contributed by atoms with E-state index in [9.17, 15) is 14.7 Å². The maximum Gasteiger partial charge on any atom is 0.305 e. The van der Waals surface area contributed by atoms with Gasteiger partial charge in [0, 0.05) is 6.04 Å². The number of amides is 1. The Bertz CT molecular complexity index is 1100.